The molecule has 0 fully saturated rings. The topological polar surface area (TPSA) is 66.5 Å². The summed E-state index contributed by atoms with van der Waals surface area (Å²) in [5, 5.41) is 2.32. The highest BCUT2D eigenvalue weighted by atomic mass is 79.9. The van der Waals surface area contributed by atoms with Gasteiger partial charge in [0.05, 0.1) is 11.3 Å². The molecule has 0 radical (unpaired) electrons. The van der Waals surface area contributed by atoms with Gasteiger partial charge in [-0.2, -0.15) is 0 Å². The highest BCUT2D eigenvalue weighted by Crippen LogP contribution is 2.31. The van der Waals surface area contributed by atoms with E-state index in [0.717, 1.165) is 4.90 Å². The van der Waals surface area contributed by atoms with E-state index >= 15 is 0 Å². The maximum atomic E-state index is 11.6. The number of ketones is 1. The standard InChI is InChI=1S/C10H7BrN2O3/c1-12-10(16)13-7-3-2-5(11)4-6(7)8(14)9(13)15/h2-4H,1H3,(H,12,16). The summed E-state index contributed by atoms with van der Waals surface area (Å²) in [5.41, 5.74) is 0.556. The molecular formula is C10H7BrN2O3. The number of amides is 3. The van der Waals surface area contributed by atoms with Crippen molar-refractivity contribution >= 4 is 39.3 Å². The molecule has 82 valence electrons. The number of hydrogen-bond acceptors (Lipinski definition) is 3. The van der Waals surface area contributed by atoms with Crippen LogP contribution in [0.5, 0.6) is 0 Å². The highest BCUT2D eigenvalue weighted by Gasteiger charge is 2.39. The summed E-state index contributed by atoms with van der Waals surface area (Å²) >= 11 is 3.20. The molecule has 0 unspecified atom stereocenters. The number of fused-ring (bicyclic) bond motifs is 1. The van der Waals surface area contributed by atoms with Crippen LogP contribution in [0.1, 0.15) is 10.4 Å². The normalized spacial score (nSPS) is 14.0. The lowest BCUT2D eigenvalue weighted by Gasteiger charge is -2.13. The van der Waals surface area contributed by atoms with Crippen molar-refractivity contribution in [1.82, 2.24) is 5.32 Å². The fraction of sp³-hybridized carbons (Fsp3) is 0.100. The van der Waals surface area contributed by atoms with Gasteiger partial charge >= 0.3 is 11.9 Å². The van der Waals surface area contributed by atoms with E-state index < -0.39 is 17.7 Å². The third-order valence-electron chi connectivity index (χ3n) is 2.26. The van der Waals surface area contributed by atoms with E-state index in [2.05, 4.69) is 21.2 Å². The molecule has 3 amide bonds. The molecule has 2 rings (SSSR count). The lowest BCUT2D eigenvalue weighted by molar-refractivity contribution is -0.113. The molecule has 0 aliphatic carbocycles. The van der Waals surface area contributed by atoms with Crippen LogP contribution in [0.2, 0.25) is 0 Å². The predicted molar refractivity (Wildman–Crippen MR) is 60.4 cm³/mol. The Bertz CT molecular complexity index is 513. The second-order valence-corrected chi connectivity index (χ2v) is 4.10. The molecule has 0 aromatic heterocycles. The smallest absolute Gasteiger partial charge is 0.328 e. The third-order valence-corrected chi connectivity index (χ3v) is 2.75. The highest BCUT2D eigenvalue weighted by molar-refractivity contribution is 9.10. The minimum atomic E-state index is -0.826. The number of rotatable bonds is 0. The maximum absolute atomic E-state index is 11.6. The molecule has 6 heteroatoms. The van der Waals surface area contributed by atoms with E-state index in [1.165, 1.54) is 13.1 Å². The Morgan fingerprint density at radius 1 is 1.38 bits per heavy atom. The largest absolute Gasteiger partial charge is 0.340 e. The average molecular weight is 283 g/mol. The van der Waals surface area contributed by atoms with Gasteiger partial charge in [0, 0.05) is 11.5 Å². The van der Waals surface area contributed by atoms with Gasteiger partial charge in [-0.05, 0) is 18.2 Å². The first-order valence-electron chi connectivity index (χ1n) is 4.46. The summed E-state index contributed by atoms with van der Waals surface area (Å²) in [4.78, 5) is 35.4. The molecule has 1 aromatic carbocycles. The molecule has 16 heavy (non-hydrogen) atoms. The summed E-state index contributed by atoms with van der Waals surface area (Å²) in [6.45, 7) is 0. The number of hydrogen-bond donors (Lipinski definition) is 1. The summed E-state index contributed by atoms with van der Waals surface area (Å²) in [7, 11) is 1.40. The number of anilines is 1. The number of nitrogens with one attached hydrogen (secondary N) is 1. The zero-order valence-electron chi connectivity index (χ0n) is 8.28. The fourth-order valence-electron chi connectivity index (χ4n) is 1.52. The summed E-state index contributed by atoms with van der Waals surface area (Å²) in [5.74, 6) is -1.49. The Balaban J connectivity index is 2.58. The van der Waals surface area contributed by atoms with Crippen LogP contribution in [0.4, 0.5) is 10.5 Å². The molecule has 1 heterocycles. The zero-order valence-corrected chi connectivity index (χ0v) is 9.87. The average Bonchev–Trinajstić information content (AvgIpc) is 2.52. The van der Waals surface area contributed by atoms with Gasteiger partial charge in [-0.3, -0.25) is 9.59 Å². The molecule has 0 spiro atoms. The number of nitrogens with zero attached hydrogens (tertiary/aromatic N) is 1. The Morgan fingerprint density at radius 2 is 2.06 bits per heavy atom. The van der Waals surface area contributed by atoms with Crippen LogP contribution in [0.3, 0.4) is 0 Å². The van der Waals surface area contributed by atoms with Crippen molar-refractivity contribution in [3.8, 4) is 0 Å². The van der Waals surface area contributed by atoms with E-state index in [-0.39, 0.29) is 5.56 Å². The van der Waals surface area contributed by atoms with Crippen molar-refractivity contribution < 1.29 is 14.4 Å². The third kappa shape index (κ3) is 1.42. The number of benzene rings is 1. The molecule has 0 atom stereocenters. The second-order valence-electron chi connectivity index (χ2n) is 3.19. The molecule has 0 saturated carbocycles. The van der Waals surface area contributed by atoms with Crippen LogP contribution >= 0.6 is 15.9 Å². The summed E-state index contributed by atoms with van der Waals surface area (Å²) in [6.07, 6.45) is 0. The molecule has 0 saturated heterocycles. The van der Waals surface area contributed by atoms with Crippen LogP contribution in [-0.4, -0.2) is 24.8 Å². The monoisotopic (exact) mass is 282 g/mol. The SMILES string of the molecule is CNC(=O)N1C(=O)C(=O)c2cc(Br)ccc21. The molecule has 1 aliphatic heterocycles. The maximum Gasteiger partial charge on any atom is 0.328 e. The first-order chi connectivity index (χ1) is 7.56. The molecule has 5 nitrogen and oxygen atoms in total. The Labute approximate surface area is 99.5 Å². The van der Waals surface area contributed by atoms with Crippen molar-refractivity contribution in [2.75, 3.05) is 11.9 Å². The number of imide groups is 1. The first-order valence-corrected chi connectivity index (χ1v) is 5.25. The molecule has 1 aromatic rings. The van der Waals surface area contributed by atoms with Gasteiger partial charge in [0.1, 0.15) is 0 Å². The summed E-state index contributed by atoms with van der Waals surface area (Å²) in [6, 6.07) is 4.13. The number of urea groups is 1. The number of halogens is 1. The van der Waals surface area contributed by atoms with Crippen LogP contribution in [-0.2, 0) is 4.79 Å². The Kier molecular flexibility index (Phi) is 2.51. The second kappa shape index (κ2) is 3.71. The van der Waals surface area contributed by atoms with Crippen molar-refractivity contribution in [3.05, 3.63) is 28.2 Å². The number of Topliss-reactive ketones (excluding diaryl/α,β-unsaturated/α-hetero) is 1. The fourth-order valence-corrected chi connectivity index (χ4v) is 1.89. The molecular weight excluding hydrogens is 276 g/mol. The van der Waals surface area contributed by atoms with E-state index in [4.69, 9.17) is 0 Å². The van der Waals surface area contributed by atoms with Gasteiger partial charge in [-0.25, -0.2) is 9.69 Å². The van der Waals surface area contributed by atoms with Crippen molar-refractivity contribution in [1.29, 1.82) is 0 Å². The van der Waals surface area contributed by atoms with Gasteiger partial charge in [0.15, 0.2) is 0 Å². The predicted octanol–water partition coefficient (Wildman–Crippen LogP) is 1.32. The van der Waals surface area contributed by atoms with Gasteiger partial charge in [0.25, 0.3) is 5.78 Å². The van der Waals surface area contributed by atoms with Gasteiger partial charge in [-0.15, -0.1) is 0 Å². The number of carbonyl (C=O) groups is 3. The van der Waals surface area contributed by atoms with E-state index in [9.17, 15) is 14.4 Å². The van der Waals surface area contributed by atoms with Crippen LogP contribution in [0, 0.1) is 0 Å². The Morgan fingerprint density at radius 3 is 2.69 bits per heavy atom. The molecule has 0 bridgehead atoms. The quantitative estimate of drug-likeness (QED) is 0.730. The van der Waals surface area contributed by atoms with Crippen LogP contribution < -0.4 is 10.2 Å². The molecule has 1 N–H and O–H groups in total. The van der Waals surface area contributed by atoms with Crippen molar-refractivity contribution in [2.24, 2.45) is 0 Å². The van der Waals surface area contributed by atoms with E-state index in [1.54, 1.807) is 12.1 Å². The van der Waals surface area contributed by atoms with Crippen molar-refractivity contribution in [2.45, 2.75) is 0 Å². The van der Waals surface area contributed by atoms with E-state index in [0.29, 0.717) is 10.2 Å². The first kappa shape index (κ1) is 10.8. The van der Waals surface area contributed by atoms with Crippen molar-refractivity contribution in [3.63, 3.8) is 0 Å². The van der Waals surface area contributed by atoms with Crippen LogP contribution in [0.25, 0.3) is 0 Å². The number of carbonyl (C=O) groups excluding carboxylic acids is 3. The van der Waals surface area contributed by atoms with Gasteiger partial charge < -0.3 is 5.32 Å². The Hall–Kier alpha value is -1.69. The van der Waals surface area contributed by atoms with Crippen LogP contribution in [0.15, 0.2) is 22.7 Å². The lowest BCUT2D eigenvalue weighted by atomic mass is 10.1. The van der Waals surface area contributed by atoms with Gasteiger partial charge in [-0.1, -0.05) is 15.9 Å². The minimum absolute atomic E-state index is 0.239. The molecule has 1 aliphatic rings. The summed E-state index contributed by atoms with van der Waals surface area (Å²) < 4.78 is 0.686. The van der Waals surface area contributed by atoms with Gasteiger partial charge in [0.2, 0.25) is 0 Å². The zero-order chi connectivity index (χ0) is 11.9. The minimum Gasteiger partial charge on any atom is -0.340 e. The lowest BCUT2D eigenvalue weighted by Crippen LogP contribution is -2.41. The van der Waals surface area contributed by atoms with E-state index in [1.807, 2.05) is 0 Å².